The molecule has 38 heavy (non-hydrogen) atoms. The van der Waals surface area contributed by atoms with Crippen LogP contribution in [0.5, 0.6) is 11.5 Å². The first-order valence-corrected chi connectivity index (χ1v) is 13.2. The molecule has 10 heteroatoms. The molecular weight excluding hydrogens is 520 g/mol. The van der Waals surface area contributed by atoms with E-state index < -0.39 is 0 Å². The highest BCUT2D eigenvalue weighted by atomic mass is 32.2. The maximum Gasteiger partial charge on any atom is 0.144 e. The Balaban J connectivity index is 0.000000273. The van der Waals surface area contributed by atoms with Crippen molar-refractivity contribution in [2.24, 2.45) is 0 Å². The largest absolute Gasteiger partial charge is 0.506 e. The number of phenolic OH excluding ortho intramolecular Hbond substituents is 1. The van der Waals surface area contributed by atoms with Crippen LogP contribution < -0.4 is 26.6 Å². The van der Waals surface area contributed by atoms with Gasteiger partial charge in [0, 0.05) is 52.6 Å². The van der Waals surface area contributed by atoms with Crippen LogP contribution in [0.4, 0.5) is 22.7 Å². The molecule has 8 nitrogen and oxygen atoms in total. The SMILES string of the molecule is C=Cc1c(/C=C(\CC)SOC)ccc(O)c1N.CNc1ccc(NNc2ccc(SOC)cc2)cc1OC. The lowest BCUT2D eigenvalue weighted by Gasteiger charge is -2.13. The fourth-order valence-corrected chi connectivity index (χ4v) is 4.22. The first-order valence-electron chi connectivity index (χ1n) is 11.7. The fraction of sp³-hybridized carbons (Fsp3) is 0.214. The molecular formula is C28H36N4O4S2. The number of allylic oxidation sites excluding steroid dienone is 1. The van der Waals surface area contributed by atoms with E-state index >= 15 is 0 Å². The molecule has 0 heterocycles. The standard InChI is InChI=1S/C15H19N3O2S.C13H17NO2S/c1-16-14-9-6-12(10-15(14)19-2)18-17-11-4-7-13(8-5-11)21-20-3;1-4-10(17-16-3)8-9-6-7-12(15)13(14)11(9)5-2/h4-10,16-18H,1-3H3;5-8,15H,2,4,14H2,1,3H3/b;10-8+. The second kappa shape index (κ2) is 16.4. The minimum atomic E-state index is 0.0782. The Morgan fingerprint density at radius 1 is 1.00 bits per heavy atom. The van der Waals surface area contributed by atoms with Crippen LogP contribution in [0.3, 0.4) is 0 Å². The van der Waals surface area contributed by atoms with Crippen LogP contribution in [0.15, 0.2) is 71.0 Å². The van der Waals surface area contributed by atoms with E-state index in [1.165, 1.54) is 24.1 Å². The van der Waals surface area contributed by atoms with Gasteiger partial charge in [-0.2, -0.15) is 0 Å². The molecule has 0 bridgehead atoms. The summed E-state index contributed by atoms with van der Waals surface area (Å²) < 4.78 is 15.4. The summed E-state index contributed by atoms with van der Waals surface area (Å²) in [6, 6.07) is 17.2. The summed E-state index contributed by atoms with van der Waals surface area (Å²) in [4.78, 5) is 2.14. The Bertz CT molecular complexity index is 1200. The minimum absolute atomic E-state index is 0.0782. The smallest absolute Gasteiger partial charge is 0.144 e. The fourth-order valence-electron chi connectivity index (χ4n) is 3.27. The molecule has 0 unspecified atom stereocenters. The van der Waals surface area contributed by atoms with E-state index in [0.717, 1.165) is 50.2 Å². The zero-order valence-corrected chi connectivity index (χ0v) is 24.0. The maximum atomic E-state index is 9.53. The van der Waals surface area contributed by atoms with Crippen LogP contribution in [-0.4, -0.2) is 33.5 Å². The third-order valence-electron chi connectivity index (χ3n) is 5.21. The number of hydrogen-bond acceptors (Lipinski definition) is 10. The molecule has 0 atom stereocenters. The number of ether oxygens (including phenoxy) is 1. The summed E-state index contributed by atoms with van der Waals surface area (Å²) in [5, 5.41) is 12.6. The number of nitrogen functional groups attached to an aromatic ring is 1. The van der Waals surface area contributed by atoms with Gasteiger partial charge < -0.3 is 40.1 Å². The van der Waals surface area contributed by atoms with Crippen molar-refractivity contribution >= 4 is 59.0 Å². The summed E-state index contributed by atoms with van der Waals surface area (Å²) in [6.07, 6.45) is 4.50. The number of phenols is 1. The van der Waals surface area contributed by atoms with E-state index in [1.807, 2.05) is 61.7 Å². The molecule has 3 aromatic carbocycles. The van der Waals surface area contributed by atoms with E-state index in [-0.39, 0.29) is 5.75 Å². The van der Waals surface area contributed by atoms with Gasteiger partial charge in [0.05, 0.1) is 44.1 Å². The van der Waals surface area contributed by atoms with Crippen molar-refractivity contribution in [1.82, 2.24) is 0 Å². The van der Waals surface area contributed by atoms with E-state index in [1.54, 1.807) is 33.5 Å². The molecule has 0 spiro atoms. The van der Waals surface area contributed by atoms with Crippen molar-refractivity contribution < 1.29 is 18.2 Å². The van der Waals surface area contributed by atoms with E-state index in [9.17, 15) is 5.11 Å². The summed E-state index contributed by atoms with van der Waals surface area (Å²) in [5.74, 6) is 0.866. The quantitative estimate of drug-likeness (QED) is 0.0666. The van der Waals surface area contributed by atoms with Crippen LogP contribution >= 0.6 is 24.1 Å². The zero-order valence-electron chi connectivity index (χ0n) is 22.3. The topological polar surface area (TPSA) is 110 Å². The molecule has 204 valence electrons. The number of anilines is 4. The average molecular weight is 557 g/mol. The predicted molar refractivity (Wildman–Crippen MR) is 165 cm³/mol. The van der Waals surface area contributed by atoms with E-state index in [4.69, 9.17) is 18.8 Å². The van der Waals surface area contributed by atoms with Gasteiger partial charge in [-0.05, 0) is 60.5 Å². The van der Waals surface area contributed by atoms with Gasteiger partial charge in [0.2, 0.25) is 0 Å². The number of benzene rings is 3. The third-order valence-corrected chi connectivity index (χ3v) is 6.63. The number of methoxy groups -OCH3 is 1. The highest BCUT2D eigenvalue weighted by Gasteiger charge is 2.07. The molecule has 0 radical (unpaired) electrons. The van der Waals surface area contributed by atoms with Crippen molar-refractivity contribution in [2.45, 2.75) is 18.2 Å². The summed E-state index contributed by atoms with van der Waals surface area (Å²) >= 11 is 2.66. The first kappa shape index (κ1) is 30.8. The summed E-state index contributed by atoms with van der Waals surface area (Å²) in [5.41, 5.74) is 16.9. The highest BCUT2D eigenvalue weighted by Crippen LogP contribution is 2.32. The lowest BCUT2D eigenvalue weighted by molar-refractivity contribution is 0.417. The maximum absolute atomic E-state index is 9.53. The van der Waals surface area contributed by atoms with Gasteiger partial charge in [-0.25, -0.2) is 0 Å². The molecule has 0 fully saturated rings. The number of nitrogens with two attached hydrogens (primary N) is 1. The van der Waals surface area contributed by atoms with Crippen LogP contribution in [-0.2, 0) is 8.37 Å². The van der Waals surface area contributed by atoms with Gasteiger partial charge in [0.15, 0.2) is 0 Å². The van der Waals surface area contributed by atoms with Crippen molar-refractivity contribution in [3.8, 4) is 11.5 Å². The monoisotopic (exact) mass is 556 g/mol. The minimum Gasteiger partial charge on any atom is -0.506 e. The van der Waals surface area contributed by atoms with Crippen LogP contribution in [0.25, 0.3) is 12.2 Å². The van der Waals surface area contributed by atoms with Gasteiger partial charge in [0.1, 0.15) is 11.5 Å². The number of hydrazine groups is 1. The number of rotatable bonds is 12. The highest BCUT2D eigenvalue weighted by molar-refractivity contribution is 7.98. The van der Waals surface area contributed by atoms with Crippen LogP contribution in [0.2, 0.25) is 0 Å². The molecule has 3 rings (SSSR count). The van der Waals surface area contributed by atoms with Crippen molar-refractivity contribution in [1.29, 1.82) is 0 Å². The molecule has 0 aliphatic rings. The number of nitrogens with one attached hydrogen (secondary N) is 3. The third kappa shape index (κ3) is 9.14. The predicted octanol–water partition coefficient (Wildman–Crippen LogP) is 7.49. The number of aromatic hydroxyl groups is 1. The Kier molecular flexibility index (Phi) is 13.3. The van der Waals surface area contributed by atoms with E-state index in [0.29, 0.717) is 5.69 Å². The molecule has 6 N–H and O–H groups in total. The molecule has 3 aromatic rings. The van der Waals surface area contributed by atoms with Crippen molar-refractivity contribution in [3.05, 3.63) is 77.2 Å². The van der Waals surface area contributed by atoms with Gasteiger partial charge in [-0.1, -0.05) is 25.6 Å². The van der Waals surface area contributed by atoms with Crippen molar-refractivity contribution in [3.63, 3.8) is 0 Å². The summed E-state index contributed by atoms with van der Waals surface area (Å²) in [7, 11) is 6.80. The zero-order chi connectivity index (χ0) is 27.9. The normalized spacial score (nSPS) is 10.7. The van der Waals surface area contributed by atoms with E-state index in [2.05, 4.69) is 29.7 Å². The molecule has 0 aliphatic carbocycles. The van der Waals surface area contributed by atoms with Gasteiger partial charge >= 0.3 is 0 Å². The van der Waals surface area contributed by atoms with Crippen LogP contribution in [0, 0.1) is 0 Å². The second-order valence-electron chi connectivity index (χ2n) is 7.61. The number of hydrogen-bond donors (Lipinski definition) is 5. The van der Waals surface area contributed by atoms with Gasteiger partial charge in [0.25, 0.3) is 0 Å². The second-order valence-corrected chi connectivity index (χ2v) is 9.60. The lowest BCUT2D eigenvalue weighted by atomic mass is 10.0. The Labute approximate surface area is 234 Å². The Morgan fingerprint density at radius 3 is 2.26 bits per heavy atom. The molecule has 0 aliphatic heterocycles. The Morgan fingerprint density at radius 2 is 1.68 bits per heavy atom. The molecule has 0 aromatic heterocycles. The average Bonchev–Trinajstić information content (AvgIpc) is 2.94. The van der Waals surface area contributed by atoms with Crippen molar-refractivity contribution in [2.75, 3.05) is 50.3 Å². The van der Waals surface area contributed by atoms with Gasteiger partial charge in [-0.15, -0.1) is 0 Å². The van der Waals surface area contributed by atoms with Gasteiger partial charge in [-0.3, -0.25) is 0 Å². The lowest BCUT2D eigenvalue weighted by Crippen LogP contribution is -2.08. The molecule has 0 saturated carbocycles. The first-order chi connectivity index (χ1) is 18.4. The Hall–Kier alpha value is -3.44. The molecule has 0 amide bonds. The summed E-state index contributed by atoms with van der Waals surface area (Å²) in [6.45, 7) is 5.77. The van der Waals surface area contributed by atoms with Crippen LogP contribution in [0.1, 0.15) is 24.5 Å². The molecule has 0 saturated heterocycles.